The molecule has 0 fully saturated rings. The fourth-order valence-corrected chi connectivity index (χ4v) is 2.21. The molecule has 0 aliphatic carbocycles. The molecule has 1 heterocycles. The van der Waals surface area contributed by atoms with Crippen molar-refractivity contribution in [2.24, 2.45) is 0 Å². The lowest BCUT2D eigenvalue weighted by atomic mass is 10.0. The summed E-state index contributed by atoms with van der Waals surface area (Å²) in [6.45, 7) is 0.468. The Hall–Kier alpha value is -2.94. The number of aldehydes is 1. The fourth-order valence-electron chi connectivity index (χ4n) is 2.21. The summed E-state index contributed by atoms with van der Waals surface area (Å²) < 4.78 is 5.82. The van der Waals surface area contributed by atoms with Crippen LogP contribution in [-0.2, 0) is 6.61 Å². The van der Waals surface area contributed by atoms with E-state index in [0.717, 1.165) is 23.0 Å². The van der Waals surface area contributed by atoms with Crippen LogP contribution in [0.15, 0.2) is 73.1 Å². The van der Waals surface area contributed by atoms with Crippen LogP contribution < -0.4 is 4.74 Å². The molecule has 0 aliphatic rings. The van der Waals surface area contributed by atoms with Gasteiger partial charge in [0.25, 0.3) is 0 Å². The number of aromatic nitrogens is 1. The van der Waals surface area contributed by atoms with E-state index in [0.29, 0.717) is 17.9 Å². The number of benzene rings is 2. The van der Waals surface area contributed by atoms with Crippen molar-refractivity contribution >= 4 is 6.29 Å². The van der Waals surface area contributed by atoms with Crippen molar-refractivity contribution in [3.05, 3.63) is 84.2 Å². The van der Waals surface area contributed by atoms with Crippen LogP contribution in [0, 0.1) is 0 Å². The van der Waals surface area contributed by atoms with E-state index in [2.05, 4.69) is 4.98 Å². The molecule has 0 saturated heterocycles. The van der Waals surface area contributed by atoms with Crippen LogP contribution >= 0.6 is 0 Å². The molecule has 3 heteroatoms. The molecule has 0 saturated carbocycles. The molecule has 22 heavy (non-hydrogen) atoms. The van der Waals surface area contributed by atoms with Crippen molar-refractivity contribution in [1.29, 1.82) is 0 Å². The molecule has 3 rings (SSSR count). The smallest absolute Gasteiger partial charge is 0.150 e. The van der Waals surface area contributed by atoms with Gasteiger partial charge < -0.3 is 4.74 Å². The maximum Gasteiger partial charge on any atom is 0.150 e. The first-order valence-corrected chi connectivity index (χ1v) is 7.02. The highest BCUT2D eigenvalue weighted by molar-refractivity contribution is 5.80. The first-order chi connectivity index (χ1) is 10.8. The molecule has 0 N–H and O–H groups in total. The van der Waals surface area contributed by atoms with Gasteiger partial charge in [-0.25, -0.2) is 0 Å². The van der Waals surface area contributed by atoms with Crippen molar-refractivity contribution in [3.8, 4) is 16.9 Å². The lowest BCUT2D eigenvalue weighted by Gasteiger charge is -2.09. The number of rotatable bonds is 5. The Balaban J connectivity index is 1.86. The van der Waals surface area contributed by atoms with E-state index in [1.165, 1.54) is 0 Å². The molecular formula is C19H15NO2. The van der Waals surface area contributed by atoms with E-state index in [-0.39, 0.29) is 0 Å². The van der Waals surface area contributed by atoms with Gasteiger partial charge in [0.2, 0.25) is 0 Å². The van der Waals surface area contributed by atoms with Gasteiger partial charge in [-0.05, 0) is 35.4 Å². The zero-order valence-corrected chi connectivity index (χ0v) is 12.0. The maximum absolute atomic E-state index is 11.1. The summed E-state index contributed by atoms with van der Waals surface area (Å²) in [6, 6.07) is 19.3. The van der Waals surface area contributed by atoms with Crippen molar-refractivity contribution < 1.29 is 9.53 Å². The van der Waals surface area contributed by atoms with Gasteiger partial charge in [0.15, 0.2) is 0 Å². The zero-order chi connectivity index (χ0) is 15.2. The largest absolute Gasteiger partial charge is 0.489 e. The van der Waals surface area contributed by atoms with Gasteiger partial charge in [-0.1, -0.05) is 36.4 Å². The highest BCUT2D eigenvalue weighted by Crippen LogP contribution is 2.25. The molecule has 0 unspecified atom stereocenters. The molecular weight excluding hydrogens is 274 g/mol. The molecule has 108 valence electrons. The molecule has 0 amide bonds. The predicted octanol–water partition coefficient (Wildman–Crippen LogP) is 4.14. The molecule has 0 spiro atoms. The van der Waals surface area contributed by atoms with Gasteiger partial charge in [0.1, 0.15) is 18.6 Å². The Morgan fingerprint density at radius 2 is 1.82 bits per heavy atom. The number of nitrogens with zero attached hydrogens (tertiary/aromatic N) is 1. The summed E-state index contributed by atoms with van der Waals surface area (Å²) in [6.07, 6.45) is 4.32. The molecule has 3 nitrogen and oxygen atoms in total. The van der Waals surface area contributed by atoms with E-state index in [1.807, 2.05) is 54.6 Å². The van der Waals surface area contributed by atoms with Crippen LogP contribution in [0.5, 0.6) is 5.75 Å². The Labute approximate surface area is 129 Å². The minimum Gasteiger partial charge on any atom is -0.489 e. The highest BCUT2D eigenvalue weighted by Gasteiger charge is 2.04. The number of carbonyl (C=O) groups excluding carboxylic acids is 1. The molecule has 2 aromatic carbocycles. The highest BCUT2D eigenvalue weighted by atomic mass is 16.5. The lowest BCUT2D eigenvalue weighted by Crippen LogP contribution is -1.96. The van der Waals surface area contributed by atoms with Crippen molar-refractivity contribution in [2.45, 2.75) is 6.61 Å². The predicted molar refractivity (Wildman–Crippen MR) is 85.8 cm³/mol. The Kier molecular flexibility index (Phi) is 4.25. The van der Waals surface area contributed by atoms with Gasteiger partial charge in [-0.15, -0.1) is 0 Å². The standard InChI is InChI=1S/C19H15NO2/c21-13-16-9-18(17-7-4-8-20-12-17)11-19(10-16)22-14-15-5-2-1-3-6-15/h1-13H,14H2. The molecule has 3 aromatic rings. The first kappa shape index (κ1) is 14.0. The summed E-state index contributed by atoms with van der Waals surface area (Å²) in [5, 5.41) is 0. The zero-order valence-electron chi connectivity index (χ0n) is 12.0. The molecule has 0 bridgehead atoms. The summed E-state index contributed by atoms with van der Waals surface area (Å²) in [5.74, 6) is 0.673. The van der Waals surface area contributed by atoms with Gasteiger partial charge in [-0.2, -0.15) is 0 Å². The van der Waals surface area contributed by atoms with Crippen LogP contribution in [0.25, 0.3) is 11.1 Å². The second kappa shape index (κ2) is 6.68. The van der Waals surface area contributed by atoms with Crippen LogP contribution in [0.2, 0.25) is 0 Å². The normalized spacial score (nSPS) is 10.2. The van der Waals surface area contributed by atoms with Crippen LogP contribution in [0.3, 0.4) is 0 Å². The second-order valence-electron chi connectivity index (χ2n) is 4.92. The average Bonchev–Trinajstić information content (AvgIpc) is 2.61. The Bertz CT molecular complexity index is 755. The molecule has 0 atom stereocenters. The third-order valence-corrected chi connectivity index (χ3v) is 3.31. The van der Waals surface area contributed by atoms with Gasteiger partial charge >= 0.3 is 0 Å². The minimum absolute atomic E-state index is 0.468. The van der Waals surface area contributed by atoms with E-state index in [9.17, 15) is 4.79 Å². The van der Waals surface area contributed by atoms with E-state index in [1.54, 1.807) is 18.5 Å². The molecule has 1 aromatic heterocycles. The van der Waals surface area contributed by atoms with Crippen LogP contribution in [0.1, 0.15) is 15.9 Å². The maximum atomic E-state index is 11.1. The first-order valence-electron chi connectivity index (χ1n) is 7.02. The number of pyridine rings is 1. The summed E-state index contributed by atoms with van der Waals surface area (Å²) >= 11 is 0. The van der Waals surface area contributed by atoms with Gasteiger partial charge in [-0.3, -0.25) is 9.78 Å². The van der Waals surface area contributed by atoms with E-state index < -0.39 is 0 Å². The average molecular weight is 289 g/mol. The summed E-state index contributed by atoms with van der Waals surface area (Å²) in [7, 11) is 0. The number of carbonyl (C=O) groups is 1. The van der Waals surface area contributed by atoms with Crippen LogP contribution in [0.4, 0.5) is 0 Å². The van der Waals surface area contributed by atoms with E-state index >= 15 is 0 Å². The van der Waals surface area contributed by atoms with Crippen molar-refractivity contribution in [1.82, 2.24) is 4.98 Å². The number of hydrogen-bond acceptors (Lipinski definition) is 3. The minimum atomic E-state index is 0.468. The molecule has 0 radical (unpaired) electrons. The van der Waals surface area contributed by atoms with E-state index in [4.69, 9.17) is 4.74 Å². The van der Waals surface area contributed by atoms with Crippen molar-refractivity contribution in [3.63, 3.8) is 0 Å². The fraction of sp³-hybridized carbons (Fsp3) is 0.0526. The number of ether oxygens (including phenoxy) is 1. The lowest BCUT2D eigenvalue weighted by molar-refractivity contribution is 0.112. The quantitative estimate of drug-likeness (QED) is 0.663. The monoisotopic (exact) mass is 289 g/mol. The summed E-state index contributed by atoms with van der Waals surface area (Å²) in [4.78, 5) is 15.3. The second-order valence-corrected chi connectivity index (χ2v) is 4.92. The third-order valence-electron chi connectivity index (χ3n) is 3.31. The molecule has 0 aliphatic heterocycles. The van der Waals surface area contributed by atoms with Crippen molar-refractivity contribution in [2.75, 3.05) is 0 Å². The van der Waals surface area contributed by atoms with Gasteiger partial charge in [0.05, 0.1) is 0 Å². The number of hydrogen-bond donors (Lipinski definition) is 0. The summed E-state index contributed by atoms with van der Waals surface area (Å²) in [5.41, 5.74) is 3.54. The Morgan fingerprint density at radius 1 is 0.955 bits per heavy atom. The van der Waals surface area contributed by atoms with Gasteiger partial charge in [0, 0.05) is 23.5 Å². The third kappa shape index (κ3) is 3.38. The topological polar surface area (TPSA) is 39.2 Å². The Morgan fingerprint density at radius 3 is 2.55 bits per heavy atom. The SMILES string of the molecule is O=Cc1cc(OCc2ccccc2)cc(-c2cccnc2)c1. The van der Waals surface area contributed by atoms with Crippen LogP contribution in [-0.4, -0.2) is 11.3 Å².